The average molecular weight is 606 g/mol. The molecule has 4 heterocycles. The number of rotatable bonds is 11. The van der Waals surface area contributed by atoms with E-state index in [0.717, 1.165) is 0 Å². The Kier molecular flexibility index (Phi) is 9.68. The molecule has 0 spiro atoms. The van der Waals surface area contributed by atoms with Crippen molar-refractivity contribution in [3.05, 3.63) is 89.3 Å². The van der Waals surface area contributed by atoms with Gasteiger partial charge in [0.05, 0.1) is 24.0 Å². The summed E-state index contributed by atoms with van der Waals surface area (Å²) in [6, 6.07) is 12.6. The highest BCUT2D eigenvalue weighted by molar-refractivity contribution is 5.96. The zero-order valence-corrected chi connectivity index (χ0v) is 24.6. The maximum Gasteiger partial charge on any atom is 0.320 e. The number of urea groups is 1. The molecule has 0 saturated carbocycles. The molecule has 4 aromatic rings. The number of hydroxylamine groups is 2. The molecule has 13 heteroatoms. The number of nitrogens with zero attached hydrogens (tertiary/aromatic N) is 5. The maximum absolute atomic E-state index is 14.0. The summed E-state index contributed by atoms with van der Waals surface area (Å²) in [6.07, 6.45) is 2.37. The molecule has 1 aliphatic rings. The monoisotopic (exact) mass is 605 g/mol. The van der Waals surface area contributed by atoms with Crippen LogP contribution in [0.4, 0.5) is 19.4 Å². The van der Waals surface area contributed by atoms with Crippen LogP contribution < -0.4 is 10.6 Å². The lowest BCUT2D eigenvalue weighted by atomic mass is 10.0. The number of anilines is 1. The molecule has 1 aliphatic heterocycles. The second-order valence-corrected chi connectivity index (χ2v) is 10.2. The van der Waals surface area contributed by atoms with Gasteiger partial charge in [-0.05, 0) is 42.8 Å². The molecular weight excluding hydrogens is 572 g/mol. The highest BCUT2D eigenvalue weighted by Crippen LogP contribution is 2.33. The van der Waals surface area contributed by atoms with Gasteiger partial charge in [-0.15, -0.1) is 0 Å². The number of benzene rings is 1. The number of amides is 2. The number of hydrogen-bond donors (Lipinski definition) is 2. The van der Waals surface area contributed by atoms with Gasteiger partial charge in [0.1, 0.15) is 24.3 Å². The fraction of sp³-hybridized carbons (Fsp3) is 0.323. The number of Topliss-reactive ketones (excluding diaryl/α,β-unsaturated/α-hetero) is 1. The number of pyridine rings is 2. The third kappa shape index (κ3) is 6.64. The first-order chi connectivity index (χ1) is 21.3. The van der Waals surface area contributed by atoms with Gasteiger partial charge in [0.15, 0.2) is 5.78 Å². The minimum atomic E-state index is -0.860. The topological polar surface area (TPSA) is 124 Å². The smallest absolute Gasteiger partial charge is 0.320 e. The number of carbonyl (C=O) groups excluding carboxylic acids is 2. The first-order valence-electron chi connectivity index (χ1n) is 14.2. The Morgan fingerprint density at radius 2 is 1.95 bits per heavy atom. The number of ketones is 1. The number of nitrogens with one attached hydrogen (secondary N) is 2. The van der Waals surface area contributed by atoms with Gasteiger partial charge in [0, 0.05) is 55.7 Å². The molecule has 230 valence electrons. The van der Waals surface area contributed by atoms with E-state index < -0.39 is 30.8 Å². The van der Waals surface area contributed by atoms with Gasteiger partial charge in [-0.1, -0.05) is 25.1 Å². The fourth-order valence-electron chi connectivity index (χ4n) is 5.08. The summed E-state index contributed by atoms with van der Waals surface area (Å²) in [5.74, 6) is -0.530. The van der Waals surface area contributed by atoms with Crippen molar-refractivity contribution in [1.82, 2.24) is 30.1 Å². The molecule has 11 nitrogen and oxygen atoms in total. The van der Waals surface area contributed by atoms with Gasteiger partial charge in [-0.2, -0.15) is 14.6 Å². The van der Waals surface area contributed by atoms with Crippen molar-refractivity contribution in [2.45, 2.75) is 39.1 Å². The van der Waals surface area contributed by atoms with Crippen LogP contribution >= 0.6 is 0 Å². The number of halogens is 2. The van der Waals surface area contributed by atoms with E-state index in [9.17, 15) is 18.4 Å². The summed E-state index contributed by atoms with van der Waals surface area (Å²) in [7, 11) is 1.58. The van der Waals surface area contributed by atoms with Gasteiger partial charge >= 0.3 is 6.03 Å². The number of para-hydroxylation sites is 1. The summed E-state index contributed by atoms with van der Waals surface area (Å²) in [4.78, 5) is 39.7. The Balaban J connectivity index is 1.46. The summed E-state index contributed by atoms with van der Waals surface area (Å²) >= 11 is 0. The molecule has 0 unspecified atom stereocenters. The average Bonchev–Trinajstić information content (AvgIpc) is 3.59. The molecule has 5 rings (SSSR count). The van der Waals surface area contributed by atoms with Gasteiger partial charge in [0.2, 0.25) is 5.95 Å². The van der Waals surface area contributed by atoms with E-state index in [1.54, 1.807) is 42.8 Å². The van der Waals surface area contributed by atoms with Crippen LogP contribution in [0.3, 0.4) is 0 Å². The van der Waals surface area contributed by atoms with Crippen LogP contribution in [-0.2, 0) is 16.2 Å². The third-order valence-corrected chi connectivity index (χ3v) is 7.29. The predicted molar refractivity (Wildman–Crippen MR) is 158 cm³/mol. The highest BCUT2D eigenvalue weighted by atomic mass is 19.1. The van der Waals surface area contributed by atoms with Gasteiger partial charge in [-0.25, -0.2) is 18.9 Å². The van der Waals surface area contributed by atoms with Crippen molar-refractivity contribution < 1.29 is 27.9 Å². The number of ether oxygens (including phenoxy) is 1. The van der Waals surface area contributed by atoms with Crippen molar-refractivity contribution in [3.63, 3.8) is 0 Å². The molecule has 1 saturated heterocycles. The summed E-state index contributed by atoms with van der Waals surface area (Å²) in [5.41, 5.74) is 3.03. The molecule has 2 N–H and O–H groups in total. The number of methoxy groups -OCH3 is 1. The normalized spacial score (nSPS) is 16.7. The summed E-state index contributed by atoms with van der Waals surface area (Å²) < 4.78 is 34.6. The first kappa shape index (κ1) is 30.9. The molecule has 0 bridgehead atoms. The van der Waals surface area contributed by atoms with Gasteiger partial charge in [0.25, 0.3) is 0 Å². The lowest BCUT2D eigenvalue weighted by Crippen LogP contribution is -2.42. The van der Waals surface area contributed by atoms with Gasteiger partial charge in [-0.3, -0.25) is 19.9 Å². The molecule has 1 fully saturated rings. The van der Waals surface area contributed by atoms with Crippen molar-refractivity contribution in [1.29, 1.82) is 0 Å². The van der Waals surface area contributed by atoms with E-state index in [1.165, 1.54) is 18.5 Å². The molecule has 44 heavy (non-hydrogen) atoms. The number of hydrogen-bond acceptors (Lipinski definition) is 8. The van der Waals surface area contributed by atoms with Crippen LogP contribution in [0, 0.1) is 12.9 Å². The Morgan fingerprint density at radius 3 is 2.66 bits per heavy atom. The van der Waals surface area contributed by atoms with E-state index >= 15 is 0 Å². The lowest BCUT2D eigenvalue weighted by Gasteiger charge is -2.19. The minimum Gasteiger partial charge on any atom is -0.383 e. The summed E-state index contributed by atoms with van der Waals surface area (Å²) in [5, 5.41) is 12.3. The zero-order chi connectivity index (χ0) is 31.2. The quantitative estimate of drug-likeness (QED) is 0.182. The Labute approximate surface area is 253 Å². The van der Waals surface area contributed by atoms with Crippen LogP contribution in [0.1, 0.15) is 46.6 Å². The van der Waals surface area contributed by atoms with Crippen molar-refractivity contribution in [2.24, 2.45) is 0 Å². The largest absolute Gasteiger partial charge is 0.383 e. The first-order valence-corrected chi connectivity index (χ1v) is 14.2. The fourth-order valence-corrected chi connectivity index (χ4v) is 5.08. The van der Waals surface area contributed by atoms with Crippen LogP contribution in [0.15, 0.2) is 60.9 Å². The van der Waals surface area contributed by atoms with Crippen LogP contribution in [0.5, 0.6) is 0 Å². The van der Waals surface area contributed by atoms with E-state index in [1.807, 2.05) is 30.3 Å². The number of aromatic nitrogens is 4. The lowest BCUT2D eigenvalue weighted by molar-refractivity contribution is -0.154. The molecule has 3 aromatic heterocycles. The predicted octanol–water partition coefficient (Wildman–Crippen LogP) is 4.96. The molecule has 2 atom stereocenters. The SMILES string of the molecule is CCC(=O)c1ncc(-c2nn(-c3ccccc3)c(NC(=O)N[C@@H]3CN(CCOC)O[C@H]3c3ccnc(F)c3)c2C)cc1CF. The molecule has 1 aromatic carbocycles. The summed E-state index contributed by atoms with van der Waals surface area (Å²) in [6.45, 7) is 3.80. The van der Waals surface area contributed by atoms with Crippen LogP contribution in [0.2, 0.25) is 0 Å². The van der Waals surface area contributed by atoms with E-state index in [2.05, 4.69) is 20.6 Å². The number of carbonyl (C=O) groups is 2. The maximum atomic E-state index is 14.0. The van der Waals surface area contributed by atoms with E-state index in [4.69, 9.17) is 14.7 Å². The van der Waals surface area contributed by atoms with Gasteiger partial charge < -0.3 is 10.1 Å². The van der Waals surface area contributed by atoms with Crippen molar-refractivity contribution in [3.8, 4) is 16.9 Å². The number of alkyl halides is 1. The van der Waals surface area contributed by atoms with Crippen molar-refractivity contribution in [2.75, 3.05) is 32.1 Å². The Bertz CT molecular complexity index is 1630. The molecule has 0 aliphatic carbocycles. The van der Waals surface area contributed by atoms with E-state index in [0.29, 0.717) is 53.6 Å². The Hall–Kier alpha value is -4.59. The molecular formula is C31H33F2N7O4. The van der Waals surface area contributed by atoms with E-state index in [-0.39, 0.29) is 23.5 Å². The standard InChI is InChI=1S/C31H33F2N7O4/c1-4-25(41)28-21(16-32)14-22(17-35-28)27-19(2)30(40(38-27)23-8-6-5-7-9-23)37-31(42)36-24-18-39(12-13-43-3)44-29(24)20-10-11-34-26(33)15-20/h5-11,14-15,17,24,29H,4,12-13,16,18H2,1-3H3,(H2,36,37,42)/t24-,29+/m1/s1. The molecule has 2 amide bonds. The third-order valence-electron chi connectivity index (χ3n) is 7.29. The second-order valence-electron chi connectivity index (χ2n) is 10.2. The van der Waals surface area contributed by atoms with Crippen LogP contribution in [-0.4, -0.2) is 69.5 Å². The minimum absolute atomic E-state index is 0.0959. The van der Waals surface area contributed by atoms with Crippen LogP contribution in [0.25, 0.3) is 16.9 Å². The Morgan fingerprint density at radius 1 is 1.16 bits per heavy atom. The molecule has 0 radical (unpaired) electrons. The second kappa shape index (κ2) is 13.8. The highest BCUT2D eigenvalue weighted by Gasteiger charge is 2.37. The zero-order valence-electron chi connectivity index (χ0n) is 24.6. The van der Waals surface area contributed by atoms with Crippen molar-refractivity contribution >= 4 is 17.6 Å².